The smallest absolute Gasteiger partial charge is 0.229 e. The van der Waals surface area contributed by atoms with Crippen LogP contribution in [0.3, 0.4) is 0 Å². The third-order valence-electron chi connectivity index (χ3n) is 4.99. The first-order valence-corrected chi connectivity index (χ1v) is 7.38. The first-order valence-electron chi connectivity index (χ1n) is 7.38. The summed E-state index contributed by atoms with van der Waals surface area (Å²) >= 11 is 0. The fraction of sp³-hybridized carbons (Fsp3) is 0.857. The van der Waals surface area contributed by atoms with Crippen LogP contribution in [0.4, 0.5) is 0 Å². The lowest BCUT2D eigenvalue weighted by molar-refractivity contribution is -0.143. The Labute approximate surface area is 114 Å². The van der Waals surface area contributed by atoms with Gasteiger partial charge in [0, 0.05) is 32.1 Å². The summed E-state index contributed by atoms with van der Waals surface area (Å²) in [7, 11) is 0. The van der Waals surface area contributed by atoms with Gasteiger partial charge in [0.05, 0.1) is 5.41 Å². The summed E-state index contributed by atoms with van der Waals surface area (Å²) in [5.41, 5.74) is -0.218. The molecule has 0 aliphatic carbocycles. The second-order valence-corrected chi connectivity index (χ2v) is 6.50. The van der Waals surface area contributed by atoms with Crippen LogP contribution in [0.5, 0.6) is 0 Å². The molecule has 0 aromatic carbocycles. The maximum absolute atomic E-state index is 12.7. The normalized spacial score (nSPS) is 38.8. The number of carbonyl (C=O) groups excluding carboxylic acids is 2. The molecule has 5 nitrogen and oxygen atoms in total. The summed E-state index contributed by atoms with van der Waals surface area (Å²) in [5, 5.41) is 6.36. The molecule has 3 rings (SSSR count). The van der Waals surface area contributed by atoms with Crippen LogP contribution in [-0.2, 0) is 9.59 Å². The van der Waals surface area contributed by atoms with E-state index in [1.807, 2.05) is 4.90 Å². The van der Waals surface area contributed by atoms with Crippen molar-refractivity contribution in [3.05, 3.63) is 0 Å². The number of nitrogens with zero attached hydrogens (tertiary/aromatic N) is 1. The van der Waals surface area contributed by atoms with E-state index in [9.17, 15) is 9.59 Å². The van der Waals surface area contributed by atoms with Crippen molar-refractivity contribution < 1.29 is 9.59 Å². The number of fused-ring (bicyclic) bond motifs is 1. The minimum Gasteiger partial charge on any atom is -0.353 e. The Hall–Kier alpha value is -1.10. The number of nitrogens with one attached hydrogen (secondary N) is 2. The topological polar surface area (TPSA) is 61.4 Å². The maximum atomic E-state index is 12.7. The molecule has 2 N–H and O–H groups in total. The van der Waals surface area contributed by atoms with E-state index in [-0.39, 0.29) is 11.3 Å². The van der Waals surface area contributed by atoms with Crippen LogP contribution in [0.2, 0.25) is 0 Å². The molecule has 0 bridgehead atoms. The van der Waals surface area contributed by atoms with Crippen LogP contribution in [0.1, 0.15) is 32.6 Å². The Bertz CT molecular complexity index is 390. The number of piperidine rings is 2. The van der Waals surface area contributed by atoms with E-state index >= 15 is 0 Å². The van der Waals surface area contributed by atoms with Gasteiger partial charge in [0.15, 0.2) is 0 Å². The summed E-state index contributed by atoms with van der Waals surface area (Å²) in [5.74, 6) is 0.925. The number of likely N-dealkylation sites (tertiary alicyclic amines) is 1. The molecule has 3 saturated heterocycles. The first-order chi connectivity index (χ1) is 9.08. The Kier molecular flexibility index (Phi) is 3.25. The summed E-state index contributed by atoms with van der Waals surface area (Å²) < 4.78 is 0. The van der Waals surface area contributed by atoms with Crippen molar-refractivity contribution in [3.8, 4) is 0 Å². The summed E-state index contributed by atoms with van der Waals surface area (Å²) in [6.07, 6.45) is 3.39. The van der Waals surface area contributed by atoms with E-state index in [0.29, 0.717) is 24.3 Å². The van der Waals surface area contributed by atoms with Gasteiger partial charge in [-0.15, -0.1) is 0 Å². The van der Waals surface area contributed by atoms with Gasteiger partial charge in [-0.1, -0.05) is 0 Å². The molecule has 0 spiro atoms. The zero-order chi connectivity index (χ0) is 13.5. The highest BCUT2D eigenvalue weighted by Gasteiger charge is 2.42. The van der Waals surface area contributed by atoms with Gasteiger partial charge in [-0.05, 0) is 38.6 Å². The number of rotatable bonds is 1. The van der Waals surface area contributed by atoms with Gasteiger partial charge in [0.1, 0.15) is 0 Å². The zero-order valence-electron chi connectivity index (χ0n) is 11.6. The fourth-order valence-electron chi connectivity index (χ4n) is 3.68. The average Bonchev–Trinajstić information content (AvgIpc) is 2.85. The third kappa shape index (κ3) is 2.36. The van der Waals surface area contributed by atoms with E-state index in [1.54, 1.807) is 0 Å². The Balaban J connectivity index is 1.64. The van der Waals surface area contributed by atoms with Gasteiger partial charge in [0.25, 0.3) is 0 Å². The predicted octanol–water partition coefficient (Wildman–Crippen LogP) is 0.113. The van der Waals surface area contributed by atoms with Gasteiger partial charge >= 0.3 is 0 Å². The molecule has 0 saturated carbocycles. The van der Waals surface area contributed by atoms with Crippen LogP contribution in [0.15, 0.2) is 0 Å². The molecule has 3 aliphatic rings. The zero-order valence-corrected chi connectivity index (χ0v) is 11.6. The quantitative estimate of drug-likeness (QED) is 0.707. The lowest BCUT2D eigenvalue weighted by atomic mass is 9.82. The van der Waals surface area contributed by atoms with Gasteiger partial charge < -0.3 is 15.5 Å². The van der Waals surface area contributed by atoms with Crippen LogP contribution in [0.25, 0.3) is 0 Å². The molecule has 3 heterocycles. The van der Waals surface area contributed by atoms with E-state index < -0.39 is 0 Å². The van der Waals surface area contributed by atoms with Gasteiger partial charge in [-0.3, -0.25) is 9.59 Å². The molecule has 19 heavy (non-hydrogen) atoms. The monoisotopic (exact) mass is 265 g/mol. The van der Waals surface area contributed by atoms with E-state index in [4.69, 9.17) is 0 Å². The molecule has 3 fully saturated rings. The van der Waals surface area contributed by atoms with Crippen LogP contribution in [0, 0.1) is 11.3 Å². The lowest BCUT2D eigenvalue weighted by Crippen LogP contribution is -2.57. The van der Waals surface area contributed by atoms with Crippen LogP contribution >= 0.6 is 0 Å². The second kappa shape index (κ2) is 4.78. The molecule has 0 aromatic heterocycles. The SMILES string of the molecule is CC1(C(=O)N2CCC3NC(=O)CCC3C2)CCNC1. The van der Waals surface area contributed by atoms with Crippen molar-refractivity contribution >= 4 is 11.8 Å². The predicted molar refractivity (Wildman–Crippen MR) is 71.4 cm³/mol. The number of hydrogen-bond donors (Lipinski definition) is 2. The molecule has 0 radical (unpaired) electrons. The Morgan fingerprint density at radius 1 is 1.42 bits per heavy atom. The summed E-state index contributed by atoms with van der Waals surface area (Å²) in [6, 6.07) is 0.291. The molecule has 3 unspecified atom stereocenters. The second-order valence-electron chi connectivity index (χ2n) is 6.50. The number of carbonyl (C=O) groups is 2. The molecule has 3 aliphatic heterocycles. The van der Waals surface area contributed by atoms with Crippen molar-refractivity contribution in [1.29, 1.82) is 0 Å². The molecular formula is C14H23N3O2. The van der Waals surface area contributed by atoms with Crippen molar-refractivity contribution in [1.82, 2.24) is 15.5 Å². The molecule has 0 aromatic rings. The van der Waals surface area contributed by atoms with Gasteiger partial charge in [-0.25, -0.2) is 0 Å². The Morgan fingerprint density at radius 2 is 2.26 bits per heavy atom. The minimum absolute atomic E-state index is 0.174. The first kappa shape index (κ1) is 12.9. The Morgan fingerprint density at radius 3 is 3.00 bits per heavy atom. The summed E-state index contributed by atoms with van der Waals surface area (Å²) in [6.45, 7) is 5.42. The highest BCUT2D eigenvalue weighted by Crippen LogP contribution is 2.31. The lowest BCUT2D eigenvalue weighted by Gasteiger charge is -2.43. The molecule has 3 atom stereocenters. The standard InChI is InChI=1S/C14H23N3O2/c1-14(5-6-15-9-14)13(19)17-7-4-11-10(8-17)2-3-12(18)16-11/h10-11,15H,2-9H2,1H3,(H,16,18). The highest BCUT2D eigenvalue weighted by molar-refractivity contribution is 5.83. The summed E-state index contributed by atoms with van der Waals surface area (Å²) in [4.78, 5) is 26.1. The largest absolute Gasteiger partial charge is 0.353 e. The van der Waals surface area contributed by atoms with E-state index in [2.05, 4.69) is 17.6 Å². The van der Waals surface area contributed by atoms with Gasteiger partial charge in [-0.2, -0.15) is 0 Å². The van der Waals surface area contributed by atoms with Crippen molar-refractivity contribution in [2.75, 3.05) is 26.2 Å². The van der Waals surface area contributed by atoms with Crippen LogP contribution in [-0.4, -0.2) is 48.9 Å². The van der Waals surface area contributed by atoms with Crippen molar-refractivity contribution in [2.24, 2.45) is 11.3 Å². The molecule has 5 heteroatoms. The van der Waals surface area contributed by atoms with Crippen molar-refractivity contribution in [3.63, 3.8) is 0 Å². The van der Waals surface area contributed by atoms with Crippen molar-refractivity contribution in [2.45, 2.75) is 38.6 Å². The number of hydrogen-bond acceptors (Lipinski definition) is 3. The molecule has 106 valence electrons. The van der Waals surface area contributed by atoms with E-state index in [0.717, 1.165) is 45.4 Å². The average molecular weight is 265 g/mol. The highest BCUT2D eigenvalue weighted by atomic mass is 16.2. The van der Waals surface area contributed by atoms with E-state index in [1.165, 1.54) is 0 Å². The minimum atomic E-state index is -0.218. The molecular weight excluding hydrogens is 242 g/mol. The fourth-order valence-corrected chi connectivity index (χ4v) is 3.68. The molecule has 2 amide bonds. The third-order valence-corrected chi connectivity index (χ3v) is 4.99. The maximum Gasteiger partial charge on any atom is 0.229 e. The number of amides is 2. The van der Waals surface area contributed by atoms with Crippen LogP contribution < -0.4 is 10.6 Å². The van der Waals surface area contributed by atoms with Gasteiger partial charge in [0.2, 0.25) is 11.8 Å².